The third-order valence-corrected chi connectivity index (χ3v) is 6.88. The first-order valence-electron chi connectivity index (χ1n) is 12.5. The molecule has 0 saturated heterocycles. The van der Waals surface area contributed by atoms with E-state index in [1.807, 2.05) is 20.8 Å². The van der Waals surface area contributed by atoms with Crippen LogP contribution in [0, 0.1) is 20.8 Å². The molecule has 0 aliphatic rings. The summed E-state index contributed by atoms with van der Waals surface area (Å²) in [5, 5.41) is 36.5. The number of hydrogen-bond acceptors (Lipinski definition) is 10. The Bertz CT molecular complexity index is 1460. The van der Waals surface area contributed by atoms with E-state index in [-0.39, 0.29) is 35.2 Å². The molecule has 0 heterocycles. The summed E-state index contributed by atoms with van der Waals surface area (Å²) in [7, 11) is -4.05. The minimum atomic E-state index is -4.05. The second-order valence-corrected chi connectivity index (χ2v) is 10.9. The van der Waals surface area contributed by atoms with Crippen molar-refractivity contribution in [1.82, 2.24) is 10.6 Å². The van der Waals surface area contributed by atoms with Gasteiger partial charge in [0.2, 0.25) is 10.0 Å². The highest BCUT2D eigenvalue weighted by Crippen LogP contribution is 2.33. The second kappa shape index (κ2) is 17.2. The van der Waals surface area contributed by atoms with Crippen molar-refractivity contribution in [3.05, 3.63) is 63.7 Å². The number of hydrogen-bond donors (Lipinski definition) is 6. The van der Waals surface area contributed by atoms with Gasteiger partial charge in [-0.2, -0.15) is 0 Å². The number of aliphatic carboxylic acids is 2. The van der Waals surface area contributed by atoms with E-state index >= 15 is 0 Å². The van der Waals surface area contributed by atoms with E-state index in [2.05, 4.69) is 10.6 Å². The van der Waals surface area contributed by atoms with Gasteiger partial charge in [-0.15, -0.1) is 0 Å². The number of rotatable bonds is 13. The van der Waals surface area contributed by atoms with Crippen molar-refractivity contribution in [2.75, 3.05) is 26.2 Å². The summed E-state index contributed by atoms with van der Waals surface area (Å²) in [5.41, 5.74) is 2.45. The predicted octanol–water partition coefficient (Wildman–Crippen LogP) is 1.31. The number of benzene rings is 2. The molecule has 0 aromatic heterocycles. The van der Waals surface area contributed by atoms with Gasteiger partial charge in [-0.05, 0) is 61.7 Å². The number of ether oxygens (including phenoxy) is 2. The van der Waals surface area contributed by atoms with Crippen molar-refractivity contribution in [1.29, 1.82) is 0 Å². The van der Waals surface area contributed by atoms with Gasteiger partial charge in [0, 0.05) is 44.3 Å². The van der Waals surface area contributed by atoms with Gasteiger partial charge in [0.05, 0.1) is 5.02 Å². The lowest BCUT2D eigenvalue weighted by Gasteiger charge is -2.18. The number of carbonyl (C=O) groups is 4. The highest BCUT2D eigenvalue weighted by atomic mass is 35.5. The Balaban J connectivity index is 0.00000101. The highest BCUT2D eigenvalue weighted by molar-refractivity contribution is 7.89. The van der Waals surface area contributed by atoms with Gasteiger partial charge in [-0.25, -0.2) is 23.1 Å². The van der Waals surface area contributed by atoms with Crippen LogP contribution in [0.25, 0.3) is 0 Å². The number of amides is 1. The Hall–Kier alpha value is -4.02. The first-order valence-corrected chi connectivity index (χ1v) is 14.4. The lowest BCUT2D eigenvalue weighted by molar-refractivity contribution is -0.134. The molecule has 43 heavy (non-hydrogen) atoms. The third-order valence-electron chi connectivity index (χ3n) is 5.49. The number of esters is 1. The highest BCUT2D eigenvalue weighted by Gasteiger charge is 2.17. The normalized spacial score (nSPS) is 11.7. The number of nitrogens with one attached hydrogen (secondary N) is 2. The van der Waals surface area contributed by atoms with Crippen LogP contribution in [-0.4, -0.2) is 79.9 Å². The fraction of sp³-hybridized carbons (Fsp3) is 0.333. The van der Waals surface area contributed by atoms with Gasteiger partial charge in [0.25, 0.3) is 5.91 Å². The minimum absolute atomic E-state index is 0.0348. The number of aliphatic hydroxyl groups excluding tert-OH is 1. The molecule has 0 aliphatic heterocycles. The van der Waals surface area contributed by atoms with Crippen molar-refractivity contribution < 1.29 is 52.4 Å². The van der Waals surface area contributed by atoms with Gasteiger partial charge in [0.1, 0.15) is 29.1 Å². The minimum Gasteiger partial charge on any atom is -0.491 e. The summed E-state index contributed by atoms with van der Waals surface area (Å²) in [6.45, 7) is 7.67. The number of carboxylic acid groups (broad SMARTS) is 2. The van der Waals surface area contributed by atoms with Gasteiger partial charge in [-0.3, -0.25) is 9.59 Å². The summed E-state index contributed by atoms with van der Waals surface area (Å²) in [6, 6.07) is 5.56. The monoisotopic (exact) mass is 643 g/mol. The van der Waals surface area contributed by atoms with Crippen LogP contribution in [-0.2, 0) is 24.4 Å². The van der Waals surface area contributed by atoms with Crippen LogP contribution < -0.4 is 25.2 Å². The number of carboxylic acids is 2. The quantitative estimate of drug-likeness (QED) is 0.0785. The van der Waals surface area contributed by atoms with Crippen LogP contribution in [0.5, 0.6) is 11.5 Å². The smallest absolute Gasteiger partial charge is 0.328 e. The van der Waals surface area contributed by atoms with E-state index in [0.29, 0.717) is 30.2 Å². The van der Waals surface area contributed by atoms with Gasteiger partial charge < -0.3 is 35.4 Å². The lowest BCUT2D eigenvalue weighted by atomic mass is 10.0. The number of aliphatic hydroxyl groups is 1. The van der Waals surface area contributed by atoms with Crippen LogP contribution >= 0.6 is 11.6 Å². The van der Waals surface area contributed by atoms with Crippen LogP contribution in [0.1, 0.15) is 34.0 Å². The zero-order valence-electron chi connectivity index (χ0n) is 23.8. The van der Waals surface area contributed by atoms with E-state index in [4.69, 9.17) is 36.4 Å². The number of halogens is 1. The maximum absolute atomic E-state index is 12.2. The molecular weight excluding hydrogens is 610 g/mol. The molecule has 14 nitrogen and oxygen atoms in total. The maximum atomic E-state index is 12.2. The maximum Gasteiger partial charge on any atom is 0.328 e. The van der Waals surface area contributed by atoms with Gasteiger partial charge in [0.15, 0.2) is 0 Å². The van der Waals surface area contributed by atoms with E-state index in [1.54, 1.807) is 6.07 Å². The second-order valence-electron chi connectivity index (χ2n) is 8.99. The molecule has 0 fully saturated rings. The van der Waals surface area contributed by atoms with E-state index in [0.717, 1.165) is 22.8 Å². The van der Waals surface area contributed by atoms with Crippen molar-refractivity contribution >= 4 is 45.4 Å². The van der Waals surface area contributed by atoms with E-state index in [1.165, 1.54) is 19.1 Å². The Morgan fingerprint density at radius 2 is 1.63 bits per heavy atom. The summed E-state index contributed by atoms with van der Waals surface area (Å²) in [6.07, 6.45) is 0.303. The molecule has 2 aromatic carbocycles. The van der Waals surface area contributed by atoms with Crippen LogP contribution in [0.2, 0.25) is 5.02 Å². The van der Waals surface area contributed by atoms with Crippen molar-refractivity contribution in [3.8, 4) is 11.5 Å². The van der Waals surface area contributed by atoms with Crippen molar-refractivity contribution in [2.45, 2.75) is 38.7 Å². The fourth-order valence-electron chi connectivity index (χ4n) is 3.36. The standard InChI is InChI=1S/C23H30ClN3O7S.C4H4O4/c1-13-9-20(14(2)15(3)22(13)34-16(4)28)33-12-18(29)11-26-7-8-27-23(30)17-5-6-19(24)21(10-17)35(25,31)32;5-3(6)1-2-4(7)8/h5-6,9-10,18,26,29H,7-8,11-12H2,1-4H3,(H,27,30)(H2,25,31,32);1-2H,(H,5,6)(H,7,8)/b;2-1+. The van der Waals surface area contributed by atoms with Gasteiger partial charge >= 0.3 is 17.9 Å². The predicted molar refractivity (Wildman–Crippen MR) is 156 cm³/mol. The molecule has 1 atom stereocenters. The zero-order chi connectivity index (χ0) is 32.9. The molecule has 0 saturated carbocycles. The molecule has 0 radical (unpaired) electrons. The lowest BCUT2D eigenvalue weighted by Crippen LogP contribution is -2.37. The molecule has 16 heteroatoms. The number of nitrogens with two attached hydrogens (primary N) is 1. The third kappa shape index (κ3) is 13.2. The number of primary sulfonamides is 1. The first-order chi connectivity index (χ1) is 19.9. The van der Waals surface area contributed by atoms with E-state index < -0.39 is 39.9 Å². The van der Waals surface area contributed by atoms with Crippen LogP contribution in [0.3, 0.4) is 0 Å². The molecule has 236 valence electrons. The summed E-state index contributed by atoms with van der Waals surface area (Å²) >= 11 is 5.82. The molecular formula is C27H34ClN3O11S. The molecule has 1 unspecified atom stereocenters. The largest absolute Gasteiger partial charge is 0.491 e. The molecule has 7 N–H and O–H groups in total. The van der Waals surface area contributed by atoms with Gasteiger partial charge in [-0.1, -0.05) is 11.6 Å². The topological polar surface area (TPSA) is 232 Å². The Labute approximate surface area is 253 Å². The number of carbonyl (C=O) groups excluding carboxylic acids is 2. The Kier molecular flexibility index (Phi) is 14.8. The molecule has 0 aliphatic carbocycles. The summed E-state index contributed by atoms with van der Waals surface area (Å²) in [5.74, 6) is -2.31. The SMILES string of the molecule is CC(=O)Oc1c(C)cc(OCC(O)CNCCNC(=O)c2ccc(Cl)c(S(N)(=O)=O)c2)c(C)c1C.O=C(O)/C=C/C(=O)O. The number of sulfonamides is 1. The number of aryl methyl sites for hydroxylation is 1. The fourth-order valence-corrected chi connectivity index (χ4v) is 4.43. The Morgan fingerprint density at radius 1 is 1.02 bits per heavy atom. The molecule has 0 spiro atoms. The average Bonchev–Trinajstić information content (AvgIpc) is 2.90. The van der Waals surface area contributed by atoms with E-state index in [9.17, 15) is 32.7 Å². The molecule has 1 amide bonds. The summed E-state index contributed by atoms with van der Waals surface area (Å²) < 4.78 is 34.1. The average molecular weight is 644 g/mol. The van der Waals surface area contributed by atoms with Crippen LogP contribution in [0.4, 0.5) is 0 Å². The molecule has 0 bridgehead atoms. The summed E-state index contributed by atoms with van der Waals surface area (Å²) in [4.78, 5) is 42.3. The zero-order valence-corrected chi connectivity index (χ0v) is 25.4. The molecule has 2 aromatic rings. The van der Waals surface area contributed by atoms with Crippen molar-refractivity contribution in [2.24, 2.45) is 5.14 Å². The van der Waals surface area contributed by atoms with Crippen LogP contribution in [0.15, 0.2) is 41.3 Å². The molecule has 2 rings (SSSR count). The first kappa shape index (κ1) is 37.0. The van der Waals surface area contributed by atoms with Crippen molar-refractivity contribution in [3.63, 3.8) is 0 Å². The Morgan fingerprint density at radius 3 is 2.16 bits per heavy atom.